The molecule has 0 aromatic rings. The van der Waals surface area contributed by atoms with Crippen molar-refractivity contribution in [3.8, 4) is 0 Å². The van der Waals surface area contributed by atoms with E-state index in [0.717, 1.165) is 25.9 Å². The first-order chi connectivity index (χ1) is 9.41. The van der Waals surface area contributed by atoms with Crippen LogP contribution in [0, 0.1) is 5.92 Å². The van der Waals surface area contributed by atoms with E-state index in [1.54, 1.807) is 0 Å². The molecule has 2 fully saturated rings. The summed E-state index contributed by atoms with van der Waals surface area (Å²) in [5, 5.41) is 12.3. The molecule has 0 saturated carbocycles. The van der Waals surface area contributed by atoms with Crippen LogP contribution < -0.4 is 5.32 Å². The van der Waals surface area contributed by atoms with Gasteiger partial charge in [0.2, 0.25) is 0 Å². The van der Waals surface area contributed by atoms with E-state index in [4.69, 9.17) is 4.74 Å². The molecular formula is C14H24N2O4. The molecule has 0 aliphatic carbocycles. The quantitative estimate of drug-likeness (QED) is 0.804. The van der Waals surface area contributed by atoms with Crippen molar-refractivity contribution in [3.63, 3.8) is 0 Å². The normalized spacial score (nSPS) is 34.6. The maximum atomic E-state index is 12.4. The second-order valence-corrected chi connectivity index (χ2v) is 6.32. The molecule has 2 aliphatic heterocycles. The Hall–Kier alpha value is -1.30. The van der Waals surface area contributed by atoms with Gasteiger partial charge in [0.05, 0.1) is 12.1 Å². The van der Waals surface area contributed by atoms with Crippen molar-refractivity contribution < 1.29 is 19.4 Å². The first-order valence-corrected chi connectivity index (χ1v) is 7.31. The minimum absolute atomic E-state index is 0.280. The second-order valence-electron chi connectivity index (χ2n) is 6.32. The van der Waals surface area contributed by atoms with E-state index < -0.39 is 12.0 Å². The summed E-state index contributed by atoms with van der Waals surface area (Å²) in [6.07, 6.45) is 3.15. The molecule has 2 heterocycles. The molecule has 3 unspecified atom stereocenters. The van der Waals surface area contributed by atoms with Crippen LogP contribution in [-0.2, 0) is 9.53 Å². The number of likely N-dealkylation sites (tertiary alicyclic amines) is 1. The summed E-state index contributed by atoms with van der Waals surface area (Å²) in [5.74, 6) is -0.578. The van der Waals surface area contributed by atoms with E-state index in [1.165, 1.54) is 4.90 Å². The van der Waals surface area contributed by atoms with Crippen LogP contribution in [0.5, 0.6) is 0 Å². The Morgan fingerprint density at radius 1 is 1.45 bits per heavy atom. The lowest BCUT2D eigenvalue weighted by atomic mass is 9.92. The van der Waals surface area contributed by atoms with Crippen LogP contribution in [-0.4, -0.2) is 53.3 Å². The number of hydrogen-bond acceptors (Lipinski definition) is 3. The number of nitrogens with zero attached hydrogens (tertiary/aromatic N) is 1. The highest BCUT2D eigenvalue weighted by molar-refractivity contribution is 5.83. The smallest absolute Gasteiger partial charge is 0.326 e. The topological polar surface area (TPSA) is 78.9 Å². The fraction of sp³-hybridized carbons (Fsp3) is 0.857. The van der Waals surface area contributed by atoms with Crippen LogP contribution in [0.15, 0.2) is 0 Å². The number of rotatable bonds is 2. The van der Waals surface area contributed by atoms with Gasteiger partial charge in [-0.05, 0) is 38.5 Å². The maximum absolute atomic E-state index is 12.4. The number of aliphatic carboxylic acids is 1. The Morgan fingerprint density at radius 2 is 2.20 bits per heavy atom. The van der Waals surface area contributed by atoms with Gasteiger partial charge in [-0.2, -0.15) is 0 Å². The van der Waals surface area contributed by atoms with Gasteiger partial charge < -0.3 is 20.1 Å². The zero-order valence-electron chi connectivity index (χ0n) is 12.2. The monoisotopic (exact) mass is 284 g/mol. The Balaban J connectivity index is 2.01. The summed E-state index contributed by atoms with van der Waals surface area (Å²) in [7, 11) is 0. The van der Waals surface area contributed by atoms with Crippen molar-refractivity contribution in [1.82, 2.24) is 10.2 Å². The molecule has 0 aromatic carbocycles. The third-order valence-electron chi connectivity index (χ3n) is 4.26. The van der Waals surface area contributed by atoms with Crippen LogP contribution >= 0.6 is 0 Å². The first kappa shape index (κ1) is 15.1. The van der Waals surface area contributed by atoms with Crippen LogP contribution in [0.25, 0.3) is 0 Å². The summed E-state index contributed by atoms with van der Waals surface area (Å²) >= 11 is 0. The number of carbonyl (C=O) groups excluding carboxylic acids is 1. The fourth-order valence-corrected chi connectivity index (χ4v) is 2.98. The van der Waals surface area contributed by atoms with Gasteiger partial charge in [0.25, 0.3) is 0 Å². The second kappa shape index (κ2) is 5.99. The largest absolute Gasteiger partial charge is 0.480 e. The lowest BCUT2D eigenvalue weighted by molar-refractivity contribution is -0.144. The summed E-state index contributed by atoms with van der Waals surface area (Å²) < 4.78 is 5.42. The molecule has 2 N–H and O–H groups in total. The van der Waals surface area contributed by atoms with Gasteiger partial charge in [0.1, 0.15) is 6.04 Å². The SMILES string of the molecule is CC1CCN(C(=O)NC2(C)CCCOC2)C(C(=O)O)C1. The molecule has 3 atom stereocenters. The van der Waals surface area contributed by atoms with Crippen LogP contribution in [0.2, 0.25) is 0 Å². The Morgan fingerprint density at radius 3 is 2.80 bits per heavy atom. The van der Waals surface area contributed by atoms with Gasteiger partial charge in [-0.1, -0.05) is 6.92 Å². The molecule has 2 amide bonds. The van der Waals surface area contributed by atoms with E-state index in [2.05, 4.69) is 5.32 Å². The first-order valence-electron chi connectivity index (χ1n) is 7.31. The third-order valence-corrected chi connectivity index (χ3v) is 4.26. The van der Waals surface area contributed by atoms with Gasteiger partial charge in [0, 0.05) is 13.2 Å². The van der Waals surface area contributed by atoms with Crippen molar-refractivity contribution >= 4 is 12.0 Å². The number of urea groups is 1. The van der Waals surface area contributed by atoms with Crippen LogP contribution in [0.1, 0.15) is 39.5 Å². The minimum Gasteiger partial charge on any atom is -0.480 e. The Labute approximate surface area is 119 Å². The van der Waals surface area contributed by atoms with E-state index in [1.807, 2.05) is 13.8 Å². The van der Waals surface area contributed by atoms with Gasteiger partial charge in [0.15, 0.2) is 0 Å². The molecule has 0 spiro atoms. The number of nitrogens with one attached hydrogen (secondary N) is 1. The molecule has 114 valence electrons. The molecule has 2 rings (SSSR count). The van der Waals surface area contributed by atoms with Crippen LogP contribution in [0.4, 0.5) is 4.79 Å². The van der Waals surface area contributed by atoms with Gasteiger partial charge in [-0.25, -0.2) is 9.59 Å². The highest BCUT2D eigenvalue weighted by Crippen LogP contribution is 2.24. The number of carboxylic acids is 1. The molecule has 2 aliphatic rings. The fourth-order valence-electron chi connectivity index (χ4n) is 2.98. The summed E-state index contributed by atoms with van der Waals surface area (Å²) in [4.78, 5) is 25.2. The van der Waals surface area contributed by atoms with Gasteiger partial charge in [-0.3, -0.25) is 0 Å². The van der Waals surface area contributed by atoms with E-state index >= 15 is 0 Å². The van der Waals surface area contributed by atoms with Crippen molar-refractivity contribution in [1.29, 1.82) is 0 Å². The average Bonchev–Trinajstić information content (AvgIpc) is 2.38. The molecule has 0 bridgehead atoms. The van der Waals surface area contributed by atoms with E-state index in [9.17, 15) is 14.7 Å². The Kier molecular flexibility index (Phi) is 4.52. The summed E-state index contributed by atoms with van der Waals surface area (Å²) in [6.45, 7) is 5.69. The lowest BCUT2D eigenvalue weighted by Crippen LogP contribution is -2.60. The maximum Gasteiger partial charge on any atom is 0.326 e. The molecule has 2 saturated heterocycles. The van der Waals surface area contributed by atoms with Crippen molar-refractivity contribution in [2.24, 2.45) is 5.92 Å². The zero-order valence-corrected chi connectivity index (χ0v) is 12.2. The van der Waals surface area contributed by atoms with Crippen molar-refractivity contribution in [2.45, 2.75) is 51.1 Å². The standard InChI is InChI=1S/C14H24N2O4/c1-10-4-6-16(11(8-10)12(17)18)13(19)15-14(2)5-3-7-20-9-14/h10-11H,3-9H2,1-2H3,(H,15,19)(H,17,18). The minimum atomic E-state index is -0.920. The number of ether oxygens (including phenoxy) is 1. The predicted octanol–water partition coefficient (Wildman–Crippen LogP) is 1.45. The number of amides is 2. The van der Waals surface area contributed by atoms with E-state index in [-0.39, 0.29) is 11.6 Å². The molecule has 0 radical (unpaired) electrons. The number of carbonyl (C=O) groups is 2. The van der Waals surface area contributed by atoms with Crippen molar-refractivity contribution in [2.75, 3.05) is 19.8 Å². The van der Waals surface area contributed by atoms with Gasteiger partial charge >= 0.3 is 12.0 Å². The van der Waals surface area contributed by atoms with Crippen molar-refractivity contribution in [3.05, 3.63) is 0 Å². The predicted molar refractivity (Wildman–Crippen MR) is 73.5 cm³/mol. The summed E-state index contributed by atoms with van der Waals surface area (Å²) in [5.41, 5.74) is -0.387. The molecular weight excluding hydrogens is 260 g/mol. The molecule has 20 heavy (non-hydrogen) atoms. The Bertz CT molecular complexity index is 379. The molecule has 0 aromatic heterocycles. The number of hydrogen-bond donors (Lipinski definition) is 2. The third kappa shape index (κ3) is 3.42. The van der Waals surface area contributed by atoms with Crippen LogP contribution in [0.3, 0.4) is 0 Å². The zero-order chi connectivity index (χ0) is 14.8. The molecule has 6 nitrogen and oxygen atoms in total. The van der Waals surface area contributed by atoms with E-state index in [0.29, 0.717) is 25.5 Å². The number of piperidine rings is 1. The molecule has 6 heteroatoms. The highest BCUT2D eigenvalue weighted by Gasteiger charge is 2.38. The highest BCUT2D eigenvalue weighted by atomic mass is 16.5. The average molecular weight is 284 g/mol. The summed E-state index contributed by atoms with van der Waals surface area (Å²) in [6, 6.07) is -0.996. The number of carboxylic acid groups (broad SMARTS) is 1. The lowest BCUT2D eigenvalue weighted by Gasteiger charge is -2.40. The van der Waals surface area contributed by atoms with Gasteiger partial charge in [-0.15, -0.1) is 0 Å².